The fourth-order valence-electron chi connectivity index (χ4n) is 11.1. The molecule has 17 nitrogen and oxygen atoms in total. The number of esters is 4. The lowest BCUT2D eigenvalue weighted by Gasteiger charge is -2.21. The van der Waals surface area contributed by atoms with Gasteiger partial charge in [-0.2, -0.15) is 0 Å². The number of aliphatic hydroxyl groups excluding tert-OH is 1. The van der Waals surface area contributed by atoms with Crippen molar-refractivity contribution >= 4 is 39.5 Å². The molecule has 5 atom stereocenters. The molecule has 0 aliphatic rings. The summed E-state index contributed by atoms with van der Waals surface area (Å²) < 4.78 is 68.5. The highest BCUT2D eigenvalue weighted by atomic mass is 31.2. The number of rotatable bonds is 75. The number of carbonyl (C=O) groups excluding carboxylic acids is 4. The van der Waals surface area contributed by atoms with Crippen molar-refractivity contribution in [2.24, 2.45) is 0 Å². The zero-order valence-corrected chi connectivity index (χ0v) is 63.4. The van der Waals surface area contributed by atoms with Crippen LogP contribution in [-0.4, -0.2) is 96.7 Å². The van der Waals surface area contributed by atoms with E-state index in [2.05, 4.69) is 64.2 Å². The van der Waals surface area contributed by atoms with Crippen LogP contribution in [0.2, 0.25) is 0 Å². The summed E-state index contributed by atoms with van der Waals surface area (Å²) in [7, 11) is -9.93. The SMILES string of the molecule is CCCCC/C=C\C/C=C\CCCCCCCC(=O)OCC(COP(=O)(O)OCC(O)COP(=O)(O)OCC(COC(=O)CCCCCCC/C=C\CCCCCCCC)OC(=O)CCCCCCCCCCCCCCCCC)OC(=O)CCCCCCCCCCCCC. The van der Waals surface area contributed by atoms with Crippen LogP contribution in [0.3, 0.4) is 0 Å². The minimum atomic E-state index is -4.96. The number of carbonyl (C=O) groups is 4. The highest BCUT2D eigenvalue weighted by Crippen LogP contribution is 2.45. The van der Waals surface area contributed by atoms with Crippen LogP contribution < -0.4 is 0 Å². The second kappa shape index (κ2) is 70.7. The Hall–Kier alpha value is -2.72. The van der Waals surface area contributed by atoms with Gasteiger partial charge in [0.15, 0.2) is 12.2 Å². The average Bonchev–Trinajstić information content (AvgIpc) is 1.11. The Labute approximate surface area is 585 Å². The quantitative estimate of drug-likeness (QED) is 0.0169. The Balaban J connectivity index is 5.29. The third-order valence-electron chi connectivity index (χ3n) is 17.1. The maximum absolute atomic E-state index is 13.1. The van der Waals surface area contributed by atoms with Gasteiger partial charge in [-0.15, -0.1) is 0 Å². The number of hydrogen-bond donors (Lipinski definition) is 3. The van der Waals surface area contributed by atoms with Crippen molar-refractivity contribution in [3.63, 3.8) is 0 Å². The van der Waals surface area contributed by atoms with Gasteiger partial charge in [-0.3, -0.25) is 37.3 Å². The third kappa shape index (κ3) is 69.7. The Morgan fingerprint density at radius 3 is 0.802 bits per heavy atom. The van der Waals surface area contributed by atoms with Gasteiger partial charge < -0.3 is 33.8 Å². The van der Waals surface area contributed by atoms with Gasteiger partial charge in [0, 0.05) is 25.7 Å². The summed E-state index contributed by atoms with van der Waals surface area (Å²) in [5.74, 6) is -2.16. The molecule has 0 rings (SSSR count). The van der Waals surface area contributed by atoms with Gasteiger partial charge in [0.25, 0.3) is 0 Å². The predicted octanol–water partition coefficient (Wildman–Crippen LogP) is 22.3. The standard InChI is InChI=1S/C77H144O17P2/c1-5-9-13-17-21-25-29-32-35-38-42-45-49-53-57-61-74(79)87-67-72(93-76(81)63-59-55-51-47-41-28-24-20-16-12-8-4)69-91-95(83,84)89-65-71(78)66-90-96(85,86)92-70-73(94-77(82)64-60-56-52-48-44-40-37-34-31-27-23-19-15-11-7-3)68-88-75(80)62-58-54-50-46-43-39-36-33-30-26-22-18-14-10-6-2/h21,25,32-33,35-36,71-73,78H,5-20,22-24,26-31,34,37-70H2,1-4H3,(H,83,84)(H,85,86)/b25-21-,35-32-,36-33-. The number of hydrogen-bond acceptors (Lipinski definition) is 15. The normalized spacial score (nSPS) is 14.1. The summed E-state index contributed by atoms with van der Waals surface area (Å²) in [6, 6.07) is 0. The van der Waals surface area contributed by atoms with E-state index in [1.807, 2.05) is 0 Å². The Morgan fingerprint density at radius 1 is 0.292 bits per heavy atom. The molecule has 0 aliphatic carbocycles. The van der Waals surface area contributed by atoms with Gasteiger partial charge in [0.1, 0.15) is 19.3 Å². The van der Waals surface area contributed by atoms with Gasteiger partial charge in [-0.05, 0) is 83.5 Å². The smallest absolute Gasteiger partial charge is 0.462 e. The second-order valence-corrected chi connectivity index (χ2v) is 29.6. The molecule has 0 amide bonds. The Morgan fingerprint density at radius 2 is 0.510 bits per heavy atom. The molecule has 0 aliphatic heterocycles. The van der Waals surface area contributed by atoms with Crippen LogP contribution in [0.4, 0.5) is 0 Å². The molecular formula is C77H144O17P2. The van der Waals surface area contributed by atoms with Crippen molar-refractivity contribution in [1.29, 1.82) is 0 Å². The van der Waals surface area contributed by atoms with Crippen molar-refractivity contribution in [2.75, 3.05) is 39.6 Å². The summed E-state index contributed by atoms with van der Waals surface area (Å²) in [4.78, 5) is 72.8. The second-order valence-electron chi connectivity index (χ2n) is 26.7. The predicted molar refractivity (Wildman–Crippen MR) is 391 cm³/mol. The largest absolute Gasteiger partial charge is 0.472 e. The monoisotopic (exact) mass is 1400 g/mol. The summed E-state index contributed by atoms with van der Waals surface area (Å²) >= 11 is 0. The number of aliphatic hydroxyl groups is 1. The van der Waals surface area contributed by atoms with E-state index in [0.717, 1.165) is 135 Å². The van der Waals surface area contributed by atoms with E-state index in [4.69, 9.17) is 37.0 Å². The molecule has 0 aromatic carbocycles. The molecule has 0 heterocycles. The van der Waals surface area contributed by atoms with E-state index in [1.165, 1.54) is 161 Å². The molecule has 0 bridgehead atoms. The van der Waals surface area contributed by atoms with Gasteiger partial charge in [0.2, 0.25) is 0 Å². The first kappa shape index (κ1) is 93.3. The van der Waals surface area contributed by atoms with Crippen LogP contribution in [-0.2, 0) is 65.4 Å². The molecule has 96 heavy (non-hydrogen) atoms. The first-order valence-electron chi connectivity index (χ1n) is 39.2. The molecular weight excluding hydrogens is 1260 g/mol. The van der Waals surface area contributed by atoms with Crippen LogP contribution >= 0.6 is 15.6 Å². The maximum atomic E-state index is 13.1. The number of unbranched alkanes of at least 4 members (excludes halogenated alkanes) is 43. The highest BCUT2D eigenvalue weighted by Gasteiger charge is 2.30. The van der Waals surface area contributed by atoms with Gasteiger partial charge in [-0.25, -0.2) is 9.13 Å². The van der Waals surface area contributed by atoms with Crippen LogP contribution in [0.15, 0.2) is 36.5 Å². The van der Waals surface area contributed by atoms with Crippen molar-refractivity contribution in [3.8, 4) is 0 Å². The number of phosphoric ester groups is 2. The van der Waals surface area contributed by atoms with Crippen LogP contribution in [0.25, 0.3) is 0 Å². The van der Waals surface area contributed by atoms with E-state index in [9.17, 15) is 43.2 Å². The molecule has 5 unspecified atom stereocenters. The van der Waals surface area contributed by atoms with Crippen molar-refractivity contribution in [1.82, 2.24) is 0 Å². The minimum absolute atomic E-state index is 0.0997. The number of phosphoric acid groups is 2. The Bertz CT molecular complexity index is 1970. The highest BCUT2D eigenvalue weighted by molar-refractivity contribution is 7.47. The number of allylic oxidation sites excluding steroid dienone is 6. The van der Waals surface area contributed by atoms with E-state index >= 15 is 0 Å². The molecule has 0 saturated carbocycles. The molecule has 0 aromatic rings. The zero-order chi connectivity index (χ0) is 70.4. The fraction of sp³-hybridized carbons (Fsp3) is 0.870. The van der Waals surface area contributed by atoms with Crippen LogP contribution in [0.1, 0.15) is 374 Å². The summed E-state index contributed by atoms with van der Waals surface area (Å²) in [6.45, 7) is 4.89. The minimum Gasteiger partial charge on any atom is -0.462 e. The zero-order valence-electron chi connectivity index (χ0n) is 61.6. The van der Waals surface area contributed by atoms with Crippen molar-refractivity contribution < 1.29 is 80.2 Å². The molecule has 564 valence electrons. The van der Waals surface area contributed by atoms with Crippen LogP contribution in [0, 0.1) is 0 Å². The molecule has 0 spiro atoms. The molecule has 19 heteroatoms. The van der Waals surface area contributed by atoms with E-state index in [0.29, 0.717) is 25.7 Å². The number of ether oxygens (including phenoxy) is 4. The average molecular weight is 1400 g/mol. The Kier molecular flexibility index (Phi) is 68.7. The summed E-state index contributed by atoms with van der Waals surface area (Å²) in [6.07, 6.45) is 65.5. The van der Waals surface area contributed by atoms with Gasteiger partial charge >= 0.3 is 39.5 Å². The molecule has 0 saturated heterocycles. The first-order valence-corrected chi connectivity index (χ1v) is 42.2. The maximum Gasteiger partial charge on any atom is 0.472 e. The summed E-state index contributed by atoms with van der Waals surface area (Å²) in [5.41, 5.74) is 0. The van der Waals surface area contributed by atoms with Crippen molar-refractivity contribution in [2.45, 2.75) is 393 Å². The lowest BCUT2D eigenvalue weighted by Crippen LogP contribution is -2.30. The lowest BCUT2D eigenvalue weighted by atomic mass is 10.0. The molecule has 0 aromatic heterocycles. The van der Waals surface area contributed by atoms with E-state index in [-0.39, 0.29) is 25.7 Å². The third-order valence-corrected chi connectivity index (χ3v) is 19.0. The molecule has 0 radical (unpaired) electrons. The van der Waals surface area contributed by atoms with E-state index < -0.39 is 97.5 Å². The van der Waals surface area contributed by atoms with E-state index in [1.54, 1.807) is 0 Å². The van der Waals surface area contributed by atoms with Gasteiger partial charge in [0.05, 0.1) is 26.4 Å². The topological polar surface area (TPSA) is 237 Å². The van der Waals surface area contributed by atoms with Crippen LogP contribution in [0.5, 0.6) is 0 Å². The fourth-order valence-corrected chi connectivity index (χ4v) is 12.7. The lowest BCUT2D eigenvalue weighted by molar-refractivity contribution is -0.161. The molecule has 3 N–H and O–H groups in total. The summed E-state index contributed by atoms with van der Waals surface area (Å²) in [5, 5.41) is 10.6. The first-order chi connectivity index (χ1) is 46.7. The van der Waals surface area contributed by atoms with Crippen molar-refractivity contribution in [3.05, 3.63) is 36.5 Å². The molecule has 0 fully saturated rings. The van der Waals surface area contributed by atoms with Gasteiger partial charge in [-0.1, -0.05) is 302 Å².